The molecule has 0 saturated heterocycles. The topological polar surface area (TPSA) is 68.3 Å². The molecule has 0 aliphatic rings. The van der Waals surface area contributed by atoms with E-state index in [2.05, 4.69) is 15.0 Å². The molecule has 1 aromatic heterocycles. The number of benzene rings is 2. The van der Waals surface area contributed by atoms with Crippen LogP contribution in [0.4, 0.5) is 18.9 Å². The van der Waals surface area contributed by atoms with Crippen LogP contribution in [0, 0.1) is 20.8 Å². The molecule has 0 aliphatic heterocycles. The molecule has 1 N–H and O–H groups in total. The average molecular weight is 442 g/mol. The first-order valence-electron chi connectivity index (χ1n) is 9.72. The summed E-state index contributed by atoms with van der Waals surface area (Å²) in [5, 5.41) is 2.82. The fourth-order valence-electron chi connectivity index (χ4n) is 3.37. The molecule has 1 heterocycles. The van der Waals surface area contributed by atoms with Gasteiger partial charge in [-0.2, -0.15) is 0 Å². The summed E-state index contributed by atoms with van der Waals surface area (Å²) in [6, 6.07) is 12.1. The number of nitrogens with one attached hydrogen (secondary N) is 1. The summed E-state index contributed by atoms with van der Waals surface area (Å²) in [6.07, 6.45) is -4.81. The summed E-state index contributed by atoms with van der Waals surface area (Å²) in [4.78, 5) is 29.3. The fourth-order valence-corrected chi connectivity index (χ4v) is 3.37. The van der Waals surface area contributed by atoms with E-state index < -0.39 is 12.3 Å². The second kappa shape index (κ2) is 8.82. The second-order valence-corrected chi connectivity index (χ2v) is 7.38. The number of nitrogens with zero attached hydrogens (tertiary/aromatic N) is 1. The van der Waals surface area contributed by atoms with E-state index in [0.29, 0.717) is 33.6 Å². The largest absolute Gasteiger partial charge is 0.573 e. The second-order valence-electron chi connectivity index (χ2n) is 7.38. The van der Waals surface area contributed by atoms with E-state index in [0.717, 1.165) is 5.56 Å². The number of carbonyl (C=O) groups is 2. The number of aromatic nitrogens is 1. The zero-order valence-electron chi connectivity index (χ0n) is 17.9. The summed E-state index contributed by atoms with van der Waals surface area (Å²) >= 11 is 0. The molecule has 0 aliphatic carbocycles. The van der Waals surface area contributed by atoms with Gasteiger partial charge in [-0.25, -0.2) is 4.98 Å². The highest BCUT2D eigenvalue weighted by atomic mass is 19.4. The minimum absolute atomic E-state index is 0.116. The summed E-state index contributed by atoms with van der Waals surface area (Å²) < 4.78 is 41.6. The predicted molar refractivity (Wildman–Crippen MR) is 115 cm³/mol. The van der Waals surface area contributed by atoms with E-state index in [9.17, 15) is 22.8 Å². The Labute approximate surface area is 183 Å². The zero-order chi connectivity index (χ0) is 23.6. The van der Waals surface area contributed by atoms with Gasteiger partial charge in [-0.1, -0.05) is 30.3 Å². The van der Waals surface area contributed by atoms with Crippen molar-refractivity contribution in [2.24, 2.45) is 0 Å². The third kappa shape index (κ3) is 5.14. The van der Waals surface area contributed by atoms with E-state index in [1.807, 2.05) is 6.92 Å². The number of alkyl halides is 3. The minimum Gasteiger partial charge on any atom is -0.406 e. The molecule has 0 fully saturated rings. The maximum absolute atomic E-state index is 13.0. The number of halogens is 3. The number of carbonyl (C=O) groups excluding carboxylic acids is 2. The molecule has 0 radical (unpaired) electrons. The standard InChI is InChI=1S/C24H21F3N2O3/c1-13-8-10-19(16(4)30)15(3)21(13)29-23(31)22-14(2)9-11-20(28-22)17-6-5-7-18(12-17)32-24(25,26)27/h5-12H,1-4H3,(H,29,31). The third-order valence-corrected chi connectivity index (χ3v) is 4.97. The Bertz CT molecular complexity index is 1200. The summed E-state index contributed by atoms with van der Waals surface area (Å²) in [5.74, 6) is -0.982. The number of ketones is 1. The molecule has 1 amide bonds. The number of anilines is 1. The van der Waals surface area contributed by atoms with Gasteiger partial charge >= 0.3 is 6.36 Å². The van der Waals surface area contributed by atoms with E-state index >= 15 is 0 Å². The van der Waals surface area contributed by atoms with Crippen molar-refractivity contribution in [1.82, 2.24) is 4.98 Å². The Kier molecular flexibility index (Phi) is 6.34. The van der Waals surface area contributed by atoms with Crippen molar-refractivity contribution in [1.29, 1.82) is 0 Å². The SMILES string of the molecule is CC(=O)c1ccc(C)c(NC(=O)c2nc(-c3cccc(OC(F)(F)F)c3)ccc2C)c1C. The average Bonchev–Trinajstić information content (AvgIpc) is 2.70. The molecular formula is C24H21F3N2O3. The van der Waals surface area contributed by atoms with Gasteiger partial charge in [-0.3, -0.25) is 9.59 Å². The van der Waals surface area contributed by atoms with Crippen molar-refractivity contribution in [2.75, 3.05) is 5.32 Å². The quantitative estimate of drug-likeness (QED) is 0.490. The van der Waals surface area contributed by atoms with Crippen LogP contribution in [0.1, 0.15) is 44.5 Å². The van der Waals surface area contributed by atoms with Crippen LogP contribution in [-0.4, -0.2) is 23.0 Å². The summed E-state index contributed by atoms with van der Waals surface area (Å²) in [6.45, 7) is 6.73. The molecule has 3 aromatic rings. The molecule has 0 atom stereocenters. The molecule has 0 spiro atoms. The highest BCUT2D eigenvalue weighted by molar-refractivity contribution is 6.06. The maximum atomic E-state index is 13.0. The summed E-state index contributed by atoms with van der Waals surface area (Å²) in [5.41, 5.74) is 3.86. The first kappa shape index (κ1) is 23.0. The number of aryl methyl sites for hydroxylation is 2. The Hall–Kier alpha value is -3.68. The molecule has 3 rings (SSSR count). The van der Waals surface area contributed by atoms with Crippen LogP contribution in [0.3, 0.4) is 0 Å². The predicted octanol–water partition coefficient (Wildman–Crippen LogP) is 6.03. The number of hydrogen-bond donors (Lipinski definition) is 1. The number of ether oxygens (including phenoxy) is 1. The van der Waals surface area contributed by atoms with Gasteiger partial charge in [0.1, 0.15) is 11.4 Å². The van der Waals surface area contributed by atoms with E-state index in [1.165, 1.54) is 25.1 Å². The lowest BCUT2D eigenvalue weighted by atomic mass is 10.00. The highest BCUT2D eigenvalue weighted by Crippen LogP contribution is 2.29. The molecular weight excluding hydrogens is 421 g/mol. The monoisotopic (exact) mass is 442 g/mol. The van der Waals surface area contributed by atoms with E-state index in [4.69, 9.17) is 0 Å². The van der Waals surface area contributed by atoms with Crippen LogP contribution in [-0.2, 0) is 0 Å². The van der Waals surface area contributed by atoms with Gasteiger partial charge < -0.3 is 10.1 Å². The van der Waals surface area contributed by atoms with Gasteiger partial charge in [0, 0.05) is 16.8 Å². The molecule has 5 nitrogen and oxygen atoms in total. The van der Waals surface area contributed by atoms with Gasteiger partial charge in [0.2, 0.25) is 0 Å². The molecule has 166 valence electrons. The Balaban J connectivity index is 1.95. The summed E-state index contributed by atoms with van der Waals surface area (Å²) in [7, 11) is 0. The lowest BCUT2D eigenvalue weighted by Crippen LogP contribution is -2.18. The van der Waals surface area contributed by atoms with Gasteiger partial charge in [-0.15, -0.1) is 13.2 Å². The van der Waals surface area contributed by atoms with Gasteiger partial charge in [0.05, 0.1) is 5.69 Å². The first-order valence-corrected chi connectivity index (χ1v) is 9.72. The lowest BCUT2D eigenvalue weighted by Gasteiger charge is -2.15. The van der Waals surface area contributed by atoms with Crippen molar-refractivity contribution in [3.63, 3.8) is 0 Å². The fraction of sp³-hybridized carbons (Fsp3) is 0.208. The molecule has 2 aromatic carbocycles. The number of hydrogen-bond acceptors (Lipinski definition) is 4. The van der Waals surface area contributed by atoms with Crippen LogP contribution in [0.15, 0.2) is 48.5 Å². The van der Waals surface area contributed by atoms with Crippen LogP contribution in [0.2, 0.25) is 0 Å². The van der Waals surface area contributed by atoms with Crippen LogP contribution in [0.5, 0.6) is 5.75 Å². The molecule has 0 bridgehead atoms. The van der Waals surface area contributed by atoms with Gasteiger partial charge in [0.25, 0.3) is 5.91 Å². The van der Waals surface area contributed by atoms with Gasteiger partial charge in [0.15, 0.2) is 5.78 Å². The smallest absolute Gasteiger partial charge is 0.406 e. The molecule has 32 heavy (non-hydrogen) atoms. The Morgan fingerprint density at radius 2 is 1.66 bits per heavy atom. The Morgan fingerprint density at radius 1 is 0.969 bits per heavy atom. The molecule has 8 heteroatoms. The first-order chi connectivity index (χ1) is 15.0. The van der Waals surface area contributed by atoms with E-state index in [-0.39, 0.29) is 17.2 Å². The van der Waals surface area contributed by atoms with Crippen LogP contribution in [0.25, 0.3) is 11.3 Å². The number of amides is 1. The van der Waals surface area contributed by atoms with Crippen molar-refractivity contribution >= 4 is 17.4 Å². The highest BCUT2D eigenvalue weighted by Gasteiger charge is 2.31. The van der Waals surface area contributed by atoms with Crippen molar-refractivity contribution in [3.05, 3.63) is 76.5 Å². The van der Waals surface area contributed by atoms with Gasteiger partial charge in [-0.05, 0) is 62.6 Å². The Morgan fingerprint density at radius 3 is 2.31 bits per heavy atom. The molecule has 0 saturated carbocycles. The maximum Gasteiger partial charge on any atom is 0.573 e. The number of pyridine rings is 1. The van der Waals surface area contributed by atoms with Crippen molar-refractivity contribution in [2.45, 2.75) is 34.1 Å². The lowest BCUT2D eigenvalue weighted by molar-refractivity contribution is -0.274. The van der Waals surface area contributed by atoms with Crippen LogP contribution < -0.4 is 10.1 Å². The van der Waals surface area contributed by atoms with Crippen molar-refractivity contribution < 1.29 is 27.5 Å². The zero-order valence-corrected chi connectivity index (χ0v) is 17.9. The van der Waals surface area contributed by atoms with E-state index in [1.54, 1.807) is 44.2 Å². The normalized spacial score (nSPS) is 11.2. The number of rotatable bonds is 5. The molecule has 0 unspecified atom stereocenters. The van der Waals surface area contributed by atoms with Crippen molar-refractivity contribution in [3.8, 4) is 17.0 Å². The number of Topliss-reactive ketones (excluding diaryl/α,β-unsaturated/α-hetero) is 1. The minimum atomic E-state index is -4.81. The third-order valence-electron chi connectivity index (χ3n) is 4.97. The van der Waals surface area contributed by atoms with Crippen LogP contribution >= 0.6 is 0 Å².